The summed E-state index contributed by atoms with van der Waals surface area (Å²) in [5.41, 5.74) is 6.44. The van der Waals surface area contributed by atoms with Gasteiger partial charge in [-0.1, -0.05) is 84.9 Å². The molecule has 0 spiro atoms. The highest BCUT2D eigenvalue weighted by molar-refractivity contribution is 6.07. The summed E-state index contributed by atoms with van der Waals surface area (Å²) >= 11 is 0. The highest BCUT2D eigenvalue weighted by atomic mass is 16.3. The number of hydrogen-bond acceptors (Lipinski definition) is 4. The van der Waals surface area contributed by atoms with Crippen LogP contribution in [0.2, 0.25) is 0 Å². The van der Waals surface area contributed by atoms with E-state index in [9.17, 15) is 0 Å². The minimum absolute atomic E-state index is 0.550. The van der Waals surface area contributed by atoms with Crippen molar-refractivity contribution in [3.63, 3.8) is 0 Å². The number of aryl methyl sites for hydroxylation is 1. The van der Waals surface area contributed by atoms with Crippen LogP contribution in [0.5, 0.6) is 0 Å². The molecule has 0 saturated heterocycles. The molecule has 6 aromatic rings. The Morgan fingerprint density at radius 3 is 2.19 bits per heavy atom. The number of nitrogens with zero attached hydrogens (tertiary/aromatic N) is 4. The Kier molecular flexibility index (Phi) is 3.93. The zero-order valence-electron chi connectivity index (χ0n) is 16.9. The second-order valence-corrected chi connectivity index (χ2v) is 7.48. The summed E-state index contributed by atoms with van der Waals surface area (Å²) in [6.45, 7) is 2.07. The van der Waals surface area contributed by atoms with Gasteiger partial charge in [-0.3, -0.25) is 0 Å². The summed E-state index contributed by atoms with van der Waals surface area (Å²) in [7, 11) is 0. The van der Waals surface area contributed by atoms with E-state index in [1.165, 1.54) is 0 Å². The monoisotopic (exact) mass is 402 g/mol. The van der Waals surface area contributed by atoms with Crippen molar-refractivity contribution in [1.29, 1.82) is 0 Å². The second kappa shape index (κ2) is 6.92. The van der Waals surface area contributed by atoms with Crippen molar-refractivity contribution < 1.29 is 4.42 Å². The first-order chi connectivity index (χ1) is 15.3. The lowest BCUT2D eigenvalue weighted by molar-refractivity contribution is 0.617. The molecule has 3 heterocycles. The molecule has 31 heavy (non-hydrogen) atoms. The molecule has 5 nitrogen and oxygen atoms in total. The first kappa shape index (κ1) is 17.6. The molecule has 3 aromatic heterocycles. The minimum Gasteiger partial charge on any atom is -0.437 e. The standard InChI is InChI=1S/C26H18N4O/c1-17-10-8-9-15-20(17)24-28-25-22-21(18-11-4-2-5-12-18)23(19-13-6-3-7-14-19)31-26(22)27-16-30(25)29-24/h2-16H,1H3. The molecule has 0 saturated carbocycles. The molecule has 0 aliphatic heterocycles. The summed E-state index contributed by atoms with van der Waals surface area (Å²) in [6, 6.07) is 28.5. The minimum atomic E-state index is 0.550. The third kappa shape index (κ3) is 2.82. The molecule has 148 valence electrons. The van der Waals surface area contributed by atoms with E-state index in [0.29, 0.717) is 11.5 Å². The van der Waals surface area contributed by atoms with Crippen LogP contribution in [0.3, 0.4) is 0 Å². The number of hydrogen-bond donors (Lipinski definition) is 0. The summed E-state index contributed by atoms with van der Waals surface area (Å²) in [6.07, 6.45) is 1.67. The summed E-state index contributed by atoms with van der Waals surface area (Å²) in [5, 5.41) is 5.57. The first-order valence-electron chi connectivity index (χ1n) is 10.1. The van der Waals surface area contributed by atoms with Crippen LogP contribution in [0.25, 0.3) is 50.6 Å². The van der Waals surface area contributed by atoms with Gasteiger partial charge in [0.15, 0.2) is 11.5 Å². The lowest BCUT2D eigenvalue weighted by atomic mass is 9.99. The van der Waals surface area contributed by atoms with Crippen molar-refractivity contribution >= 4 is 16.7 Å². The Bertz CT molecular complexity index is 1530. The molecule has 0 radical (unpaired) electrons. The van der Waals surface area contributed by atoms with Gasteiger partial charge in [-0.05, 0) is 18.1 Å². The van der Waals surface area contributed by atoms with E-state index in [1.807, 2.05) is 66.7 Å². The number of fused-ring (bicyclic) bond motifs is 3. The average Bonchev–Trinajstić information content (AvgIpc) is 3.42. The molecule has 0 aliphatic rings. The molecule has 5 heteroatoms. The van der Waals surface area contributed by atoms with E-state index in [4.69, 9.17) is 14.5 Å². The molecule has 0 atom stereocenters. The van der Waals surface area contributed by atoms with Gasteiger partial charge in [0.2, 0.25) is 5.71 Å². The van der Waals surface area contributed by atoms with Gasteiger partial charge in [0, 0.05) is 16.7 Å². The van der Waals surface area contributed by atoms with Crippen molar-refractivity contribution in [1.82, 2.24) is 19.6 Å². The fraction of sp³-hybridized carbons (Fsp3) is 0.0385. The van der Waals surface area contributed by atoms with Crippen LogP contribution in [0, 0.1) is 6.92 Å². The van der Waals surface area contributed by atoms with Gasteiger partial charge in [-0.15, -0.1) is 5.10 Å². The van der Waals surface area contributed by atoms with Gasteiger partial charge in [0.1, 0.15) is 12.1 Å². The molecule has 0 amide bonds. The van der Waals surface area contributed by atoms with Crippen LogP contribution < -0.4 is 0 Å². The Morgan fingerprint density at radius 1 is 0.774 bits per heavy atom. The number of aromatic nitrogens is 4. The quantitative estimate of drug-likeness (QED) is 0.355. The predicted molar refractivity (Wildman–Crippen MR) is 122 cm³/mol. The predicted octanol–water partition coefficient (Wildman–Crippen LogP) is 6.18. The fourth-order valence-corrected chi connectivity index (χ4v) is 4.01. The highest BCUT2D eigenvalue weighted by Gasteiger charge is 2.23. The maximum Gasteiger partial charge on any atom is 0.232 e. The molecule has 0 aliphatic carbocycles. The number of benzene rings is 3. The largest absolute Gasteiger partial charge is 0.437 e. The van der Waals surface area contributed by atoms with Gasteiger partial charge in [0.25, 0.3) is 0 Å². The van der Waals surface area contributed by atoms with Gasteiger partial charge >= 0.3 is 0 Å². The van der Waals surface area contributed by atoms with Gasteiger partial charge in [-0.2, -0.15) is 0 Å². The molecular formula is C26H18N4O. The fourth-order valence-electron chi connectivity index (χ4n) is 4.01. The van der Waals surface area contributed by atoms with E-state index in [2.05, 4.69) is 30.1 Å². The van der Waals surface area contributed by atoms with E-state index < -0.39 is 0 Å². The Hall–Kier alpha value is -4.25. The third-order valence-corrected chi connectivity index (χ3v) is 5.51. The number of rotatable bonds is 3. The zero-order valence-corrected chi connectivity index (χ0v) is 16.9. The first-order valence-corrected chi connectivity index (χ1v) is 10.1. The molecule has 0 N–H and O–H groups in total. The molecule has 0 bridgehead atoms. The maximum absolute atomic E-state index is 6.29. The zero-order chi connectivity index (χ0) is 20.8. The van der Waals surface area contributed by atoms with Gasteiger partial charge < -0.3 is 4.42 Å². The Morgan fingerprint density at radius 2 is 1.45 bits per heavy atom. The lowest BCUT2D eigenvalue weighted by Crippen LogP contribution is -1.90. The van der Waals surface area contributed by atoms with E-state index in [0.717, 1.165) is 44.6 Å². The Balaban J connectivity index is 1.70. The number of furan rings is 1. The van der Waals surface area contributed by atoms with Crippen molar-refractivity contribution in [3.05, 3.63) is 96.8 Å². The second-order valence-electron chi connectivity index (χ2n) is 7.48. The smallest absolute Gasteiger partial charge is 0.232 e. The molecule has 6 rings (SSSR count). The highest BCUT2D eigenvalue weighted by Crippen LogP contribution is 2.41. The van der Waals surface area contributed by atoms with Crippen LogP contribution in [-0.4, -0.2) is 19.6 Å². The Labute approximate surface area is 178 Å². The molecule has 0 fully saturated rings. The van der Waals surface area contributed by atoms with E-state index in [-0.39, 0.29) is 0 Å². The summed E-state index contributed by atoms with van der Waals surface area (Å²) in [5.74, 6) is 1.46. The maximum atomic E-state index is 6.29. The van der Waals surface area contributed by atoms with Crippen molar-refractivity contribution in [2.75, 3.05) is 0 Å². The summed E-state index contributed by atoms with van der Waals surface area (Å²) < 4.78 is 8.03. The van der Waals surface area contributed by atoms with Crippen LogP contribution in [0.15, 0.2) is 95.7 Å². The van der Waals surface area contributed by atoms with Crippen LogP contribution in [0.4, 0.5) is 0 Å². The van der Waals surface area contributed by atoms with Crippen molar-refractivity contribution in [2.45, 2.75) is 6.92 Å². The normalized spacial score (nSPS) is 11.4. The summed E-state index contributed by atoms with van der Waals surface area (Å²) in [4.78, 5) is 9.48. The third-order valence-electron chi connectivity index (χ3n) is 5.51. The topological polar surface area (TPSA) is 56.2 Å². The van der Waals surface area contributed by atoms with Crippen LogP contribution in [-0.2, 0) is 0 Å². The van der Waals surface area contributed by atoms with Crippen LogP contribution in [0.1, 0.15) is 5.56 Å². The molecule has 0 unspecified atom stereocenters. The van der Waals surface area contributed by atoms with Gasteiger partial charge in [0.05, 0.1) is 5.39 Å². The van der Waals surface area contributed by atoms with Crippen molar-refractivity contribution in [3.8, 4) is 33.8 Å². The molecular weight excluding hydrogens is 384 g/mol. The SMILES string of the molecule is Cc1ccccc1-c1nc2c3c(-c4ccccc4)c(-c4ccccc4)oc3ncn2n1. The van der Waals surface area contributed by atoms with Gasteiger partial charge in [-0.25, -0.2) is 14.5 Å². The van der Waals surface area contributed by atoms with Crippen molar-refractivity contribution in [2.24, 2.45) is 0 Å². The lowest BCUT2D eigenvalue weighted by Gasteiger charge is -2.03. The average molecular weight is 402 g/mol. The van der Waals surface area contributed by atoms with Crippen LogP contribution >= 0.6 is 0 Å². The molecule has 3 aromatic carbocycles. The van der Waals surface area contributed by atoms with E-state index in [1.54, 1.807) is 10.8 Å². The van der Waals surface area contributed by atoms with E-state index >= 15 is 0 Å².